The Bertz CT molecular complexity index is 823. The van der Waals surface area contributed by atoms with Crippen molar-refractivity contribution in [3.8, 4) is 5.75 Å². The maximum Gasteiger partial charge on any atom is 0.410 e. The fourth-order valence-corrected chi connectivity index (χ4v) is 3.56. The number of carbonyl (C=O) groups is 2. The Balaban J connectivity index is 1.40. The molecule has 2 aliphatic rings. The van der Waals surface area contributed by atoms with Crippen LogP contribution in [0.2, 0.25) is 0 Å². The molecule has 0 saturated carbocycles. The number of fused-ring (bicyclic) bond motifs is 1. The molecule has 0 spiro atoms. The molecule has 1 aromatic carbocycles. The van der Waals surface area contributed by atoms with Gasteiger partial charge in [0.2, 0.25) is 0 Å². The third-order valence-electron chi connectivity index (χ3n) is 4.94. The highest BCUT2D eigenvalue weighted by Gasteiger charge is 2.48. The standard InChI is InChI=1S/C19H21N3O5/c1-25-16-7-3-2-5-13(16)10-22-15-11-21(12-17(15)27-19(22)24)18(23)20-9-14-6-4-8-26-14/h2-8,15,17H,9-12H2,1H3,(H,20,23)/t15-,17+/m0/s1. The fraction of sp³-hybridized carbons (Fsp3) is 0.368. The molecule has 2 aromatic rings. The van der Waals surface area contributed by atoms with Crippen molar-refractivity contribution < 1.29 is 23.5 Å². The molecule has 0 aliphatic carbocycles. The van der Waals surface area contributed by atoms with Crippen molar-refractivity contribution in [2.45, 2.75) is 25.2 Å². The molecule has 27 heavy (non-hydrogen) atoms. The second-order valence-corrected chi connectivity index (χ2v) is 6.57. The molecule has 3 amide bonds. The number of benzene rings is 1. The monoisotopic (exact) mass is 371 g/mol. The number of likely N-dealkylation sites (tertiary alicyclic amines) is 1. The zero-order valence-electron chi connectivity index (χ0n) is 15.0. The average molecular weight is 371 g/mol. The lowest BCUT2D eigenvalue weighted by Crippen LogP contribution is -2.42. The highest BCUT2D eigenvalue weighted by molar-refractivity contribution is 5.76. The molecule has 2 saturated heterocycles. The SMILES string of the molecule is COc1ccccc1CN1C(=O)O[C@@H]2CN(C(=O)NCc3ccco3)C[C@@H]21. The number of amides is 3. The van der Waals surface area contributed by atoms with Crippen LogP contribution in [0.25, 0.3) is 0 Å². The van der Waals surface area contributed by atoms with Gasteiger partial charge in [-0.15, -0.1) is 0 Å². The Morgan fingerprint density at radius 2 is 2.11 bits per heavy atom. The second-order valence-electron chi connectivity index (χ2n) is 6.57. The van der Waals surface area contributed by atoms with Crippen LogP contribution >= 0.6 is 0 Å². The van der Waals surface area contributed by atoms with Gasteiger partial charge in [0.1, 0.15) is 17.6 Å². The molecule has 1 aromatic heterocycles. The summed E-state index contributed by atoms with van der Waals surface area (Å²) in [6.45, 7) is 1.51. The van der Waals surface area contributed by atoms with Crippen LogP contribution in [0.3, 0.4) is 0 Å². The van der Waals surface area contributed by atoms with Gasteiger partial charge in [-0.2, -0.15) is 0 Å². The highest BCUT2D eigenvalue weighted by Crippen LogP contribution is 2.30. The molecule has 0 radical (unpaired) electrons. The van der Waals surface area contributed by atoms with Crippen molar-refractivity contribution in [3.63, 3.8) is 0 Å². The van der Waals surface area contributed by atoms with E-state index in [1.54, 1.807) is 35.3 Å². The topological polar surface area (TPSA) is 84.2 Å². The van der Waals surface area contributed by atoms with Crippen molar-refractivity contribution in [1.82, 2.24) is 15.1 Å². The largest absolute Gasteiger partial charge is 0.496 e. The van der Waals surface area contributed by atoms with Gasteiger partial charge in [0.15, 0.2) is 0 Å². The zero-order chi connectivity index (χ0) is 18.8. The van der Waals surface area contributed by atoms with Gasteiger partial charge in [-0.3, -0.25) is 4.90 Å². The molecular formula is C19H21N3O5. The number of para-hydroxylation sites is 1. The predicted molar refractivity (Wildman–Crippen MR) is 95.1 cm³/mol. The number of hydrogen-bond donors (Lipinski definition) is 1. The highest BCUT2D eigenvalue weighted by atomic mass is 16.6. The molecule has 4 rings (SSSR count). The van der Waals surface area contributed by atoms with E-state index < -0.39 is 0 Å². The van der Waals surface area contributed by atoms with E-state index in [1.165, 1.54) is 0 Å². The van der Waals surface area contributed by atoms with E-state index in [2.05, 4.69) is 5.32 Å². The maximum atomic E-state index is 12.4. The molecular weight excluding hydrogens is 350 g/mol. The number of nitrogens with one attached hydrogen (secondary N) is 1. The summed E-state index contributed by atoms with van der Waals surface area (Å²) in [7, 11) is 1.60. The third kappa shape index (κ3) is 3.42. The summed E-state index contributed by atoms with van der Waals surface area (Å²) in [6, 6.07) is 10.8. The van der Waals surface area contributed by atoms with E-state index in [-0.39, 0.29) is 24.3 Å². The van der Waals surface area contributed by atoms with E-state index in [4.69, 9.17) is 13.9 Å². The van der Waals surface area contributed by atoms with Gasteiger partial charge in [-0.05, 0) is 18.2 Å². The van der Waals surface area contributed by atoms with E-state index in [0.29, 0.717) is 31.9 Å². The van der Waals surface area contributed by atoms with Crippen molar-refractivity contribution in [2.75, 3.05) is 20.2 Å². The molecule has 2 aliphatic heterocycles. The molecule has 3 heterocycles. The Hall–Kier alpha value is -3.16. The summed E-state index contributed by atoms with van der Waals surface area (Å²) >= 11 is 0. The molecule has 0 bridgehead atoms. The van der Waals surface area contributed by atoms with E-state index in [0.717, 1.165) is 11.3 Å². The quantitative estimate of drug-likeness (QED) is 0.871. The molecule has 8 nitrogen and oxygen atoms in total. The molecule has 2 atom stereocenters. The summed E-state index contributed by atoms with van der Waals surface area (Å²) < 4.78 is 16.1. The summed E-state index contributed by atoms with van der Waals surface area (Å²) in [5.74, 6) is 1.41. The van der Waals surface area contributed by atoms with Gasteiger partial charge in [0.25, 0.3) is 0 Å². The first kappa shape index (κ1) is 17.3. The summed E-state index contributed by atoms with van der Waals surface area (Å²) in [6.07, 6.45) is 0.893. The van der Waals surface area contributed by atoms with E-state index >= 15 is 0 Å². The van der Waals surface area contributed by atoms with Crippen molar-refractivity contribution in [2.24, 2.45) is 0 Å². The normalized spacial score (nSPS) is 21.1. The van der Waals surface area contributed by atoms with Gasteiger partial charge in [0, 0.05) is 12.1 Å². The number of hydrogen-bond acceptors (Lipinski definition) is 5. The molecule has 0 unspecified atom stereocenters. The Kier molecular flexibility index (Phi) is 4.62. The minimum absolute atomic E-state index is 0.170. The van der Waals surface area contributed by atoms with Crippen LogP contribution in [-0.2, 0) is 17.8 Å². The van der Waals surface area contributed by atoms with Crippen LogP contribution in [0.15, 0.2) is 47.1 Å². The first-order valence-corrected chi connectivity index (χ1v) is 8.80. The molecule has 142 valence electrons. The first-order valence-electron chi connectivity index (χ1n) is 8.80. The predicted octanol–water partition coefficient (Wildman–Crippen LogP) is 2.20. The van der Waals surface area contributed by atoms with Crippen molar-refractivity contribution >= 4 is 12.1 Å². The number of urea groups is 1. The average Bonchev–Trinajstić information content (AvgIpc) is 3.39. The van der Waals surface area contributed by atoms with Crippen LogP contribution in [-0.4, -0.2) is 54.3 Å². The first-order chi connectivity index (χ1) is 13.2. The van der Waals surface area contributed by atoms with Crippen LogP contribution < -0.4 is 10.1 Å². The smallest absolute Gasteiger partial charge is 0.410 e. The van der Waals surface area contributed by atoms with Crippen LogP contribution in [0.1, 0.15) is 11.3 Å². The number of furan rings is 1. The number of carbonyl (C=O) groups excluding carboxylic acids is 2. The number of rotatable bonds is 5. The Labute approximate surface area is 156 Å². The molecule has 8 heteroatoms. The van der Waals surface area contributed by atoms with E-state index in [9.17, 15) is 9.59 Å². The van der Waals surface area contributed by atoms with Crippen molar-refractivity contribution in [1.29, 1.82) is 0 Å². The van der Waals surface area contributed by atoms with Crippen LogP contribution in [0.5, 0.6) is 5.75 Å². The minimum Gasteiger partial charge on any atom is -0.496 e. The zero-order valence-corrected chi connectivity index (χ0v) is 15.0. The number of methoxy groups -OCH3 is 1. The van der Waals surface area contributed by atoms with Crippen LogP contribution in [0, 0.1) is 0 Å². The van der Waals surface area contributed by atoms with Gasteiger partial charge in [0.05, 0.1) is 39.0 Å². The lowest BCUT2D eigenvalue weighted by atomic mass is 10.1. The van der Waals surface area contributed by atoms with Gasteiger partial charge in [-0.1, -0.05) is 18.2 Å². The fourth-order valence-electron chi connectivity index (χ4n) is 3.56. The van der Waals surface area contributed by atoms with Crippen molar-refractivity contribution in [3.05, 3.63) is 54.0 Å². The lowest BCUT2D eigenvalue weighted by Gasteiger charge is -2.23. The summed E-state index contributed by atoms with van der Waals surface area (Å²) in [4.78, 5) is 28.0. The van der Waals surface area contributed by atoms with Crippen LogP contribution in [0.4, 0.5) is 9.59 Å². The molecule has 1 N–H and O–H groups in total. The number of ether oxygens (including phenoxy) is 2. The van der Waals surface area contributed by atoms with Gasteiger partial charge < -0.3 is 24.1 Å². The van der Waals surface area contributed by atoms with Gasteiger partial charge >= 0.3 is 12.1 Å². The summed E-state index contributed by atoms with van der Waals surface area (Å²) in [5.41, 5.74) is 0.901. The second kappa shape index (κ2) is 7.22. The number of nitrogens with zero attached hydrogens (tertiary/aromatic N) is 2. The van der Waals surface area contributed by atoms with E-state index in [1.807, 2.05) is 24.3 Å². The summed E-state index contributed by atoms with van der Waals surface area (Å²) in [5, 5.41) is 2.82. The van der Waals surface area contributed by atoms with Gasteiger partial charge in [-0.25, -0.2) is 9.59 Å². The molecule has 2 fully saturated rings. The minimum atomic E-state index is -0.355. The maximum absolute atomic E-state index is 12.4. The third-order valence-corrected chi connectivity index (χ3v) is 4.94. The lowest BCUT2D eigenvalue weighted by molar-refractivity contribution is 0.122. The Morgan fingerprint density at radius 3 is 2.89 bits per heavy atom. The Morgan fingerprint density at radius 1 is 1.26 bits per heavy atom.